The molecule has 0 aromatic heterocycles. The standard InChI is InChI=1S/C21H23FN2O2S/c1-14-5-4-8-18(19(14)22)27-23-11-9-17(10-12-23)24-20-15(2)6-3-7-16(20)13-26-21(24)25/h3-8,17H,9-13H2,1-2H3. The first-order chi connectivity index (χ1) is 13.0. The van der Waals surface area contributed by atoms with E-state index in [0.29, 0.717) is 17.1 Å². The Morgan fingerprint density at radius 3 is 2.56 bits per heavy atom. The quantitative estimate of drug-likeness (QED) is 0.690. The molecule has 2 aliphatic heterocycles. The van der Waals surface area contributed by atoms with E-state index in [1.807, 2.05) is 42.2 Å². The number of benzene rings is 2. The molecule has 1 fully saturated rings. The average Bonchev–Trinajstić information content (AvgIpc) is 2.67. The Labute approximate surface area is 163 Å². The number of ether oxygens (including phenoxy) is 1. The van der Waals surface area contributed by atoms with Gasteiger partial charge in [0.15, 0.2) is 0 Å². The van der Waals surface area contributed by atoms with Crippen LogP contribution in [0.3, 0.4) is 0 Å². The van der Waals surface area contributed by atoms with E-state index in [4.69, 9.17) is 4.74 Å². The first kappa shape index (κ1) is 18.3. The third-order valence-corrected chi connectivity index (χ3v) is 6.42. The molecule has 6 heteroatoms. The zero-order valence-corrected chi connectivity index (χ0v) is 16.4. The van der Waals surface area contributed by atoms with Crippen molar-refractivity contribution in [2.75, 3.05) is 18.0 Å². The van der Waals surface area contributed by atoms with Crippen molar-refractivity contribution < 1.29 is 13.9 Å². The maximum Gasteiger partial charge on any atom is 0.414 e. The van der Waals surface area contributed by atoms with E-state index in [1.54, 1.807) is 13.0 Å². The lowest BCUT2D eigenvalue weighted by atomic mass is 10.00. The van der Waals surface area contributed by atoms with Crippen LogP contribution in [0.15, 0.2) is 41.3 Å². The van der Waals surface area contributed by atoms with Crippen molar-refractivity contribution in [3.05, 3.63) is 58.9 Å². The van der Waals surface area contributed by atoms with Crippen LogP contribution in [-0.2, 0) is 11.3 Å². The van der Waals surface area contributed by atoms with Crippen LogP contribution in [0.5, 0.6) is 0 Å². The Hall–Kier alpha value is -2.05. The molecule has 0 N–H and O–H groups in total. The van der Waals surface area contributed by atoms with Crippen LogP contribution in [0.1, 0.15) is 29.5 Å². The van der Waals surface area contributed by atoms with Gasteiger partial charge in [0.2, 0.25) is 0 Å². The highest BCUT2D eigenvalue weighted by atomic mass is 32.2. The van der Waals surface area contributed by atoms with Crippen molar-refractivity contribution in [1.29, 1.82) is 0 Å². The fraction of sp³-hybridized carbons (Fsp3) is 0.381. The molecule has 2 aromatic rings. The van der Waals surface area contributed by atoms with Crippen molar-refractivity contribution >= 4 is 23.7 Å². The van der Waals surface area contributed by atoms with Crippen LogP contribution in [0.25, 0.3) is 0 Å². The number of fused-ring (bicyclic) bond motifs is 1. The molecular weight excluding hydrogens is 363 g/mol. The number of halogens is 1. The van der Waals surface area contributed by atoms with Crippen molar-refractivity contribution in [2.45, 2.75) is 44.2 Å². The second-order valence-electron chi connectivity index (χ2n) is 7.15. The second-order valence-corrected chi connectivity index (χ2v) is 8.28. The van der Waals surface area contributed by atoms with Crippen LogP contribution in [0, 0.1) is 19.7 Å². The summed E-state index contributed by atoms with van der Waals surface area (Å²) < 4.78 is 21.8. The van der Waals surface area contributed by atoms with Gasteiger partial charge < -0.3 is 4.74 Å². The number of amides is 1. The minimum Gasteiger partial charge on any atom is -0.444 e. The number of carbonyl (C=O) groups excluding carboxylic acids is 1. The van der Waals surface area contributed by atoms with E-state index < -0.39 is 0 Å². The molecule has 2 aliphatic rings. The van der Waals surface area contributed by atoms with Gasteiger partial charge in [0, 0.05) is 24.7 Å². The summed E-state index contributed by atoms with van der Waals surface area (Å²) in [5.74, 6) is -0.145. The van der Waals surface area contributed by atoms with E-state index in [-0.39, 0.29) is 18.0 Å². The van der Waals surface area contributed by atoms with Gasteiger partial charge in [-0.1, -0.05) is 30.3 Å². The molecule has 0 spiro atoms. The zero-order valence-electron chi connectivity index (χ0n) is 15.6. The van der Waals surface area contributed by atoms with E-state index in [9.17, 15) is 9.18 Å². The minimum atomic E-state index is -0.257. The summed E-state index contributed by atoms with van der Waals surface area (Å²) >= 11 is 1.47. The summed E-state index contributed by atoms with van der Waals surface area (Å²) in [6.07, 6.45) is 1.42. The number of hydrogen-bond acceptors (Lipinski definition) is 4. The smallest absolute Gasteiger partial charge is 0.414 e. The molecule has 0 radical (unpaired) electrons. The molecule has 0 atom stereocenters. The normalized spacial score (nSPS) is 18.3. The predicted molar refractivity (Wildman–Crippen MR) is 105 cm³/mol. The number of carbonyl (C=O) groups is 1. The molecule has 0 unspecified atom stereocenters. The SMILES string of the molecule is Cc1cccc(SN2CCC(N3C(=O)OCc4cccc(C)c43)CC2)c1F. The Kier molecular flexibility index (Phi) is 5.10. The van der Waals surface area contributed by atoms with Crippen LogP contribution in [0.2, 0.25) is 0 Å². The molecule has 0 saturated carbocycles. The number of para-hydroxylation sites is 1. The van der Waals surface area contributed by atoms with Gasteiger partial charge in [-0.05, 0) is 55.8 Å². The highest BCUT2D eigenvalue weighted by molar-refractivity contribution is 7.97. The molecule has 1 saturated heterocycles. The van der Waals surface area contributed by atoms with Crippen LogP contribution in [0.4, 0.5) is 14.9 Å². The molecule has 2 heterocycles. The highest BCUT2D eigenvalue weighted by Gasteiger charge is 2.35. The summed E-state index contributed by atoms with van der Waals surface area (Å²) in [4.78, 5) is 15.0. The van der Waals surface area contributed by atoms with Crippen molar-refractivity contribution in [3.8, 4) is 0 Å². The lowest BCUT2D eigenvalue weighted by Crippen LogP contribution is -2.48. The number of anilines is 1. The maximum absolute atomic E-state index is 14.3. The van der Waals surface area contributed by atoms with Gasteiger partial charge in [-0.2, -0.15) is 0 Å². The van der Waals surface area contributed by atoms with Gasteiger partial charge in [-0.25, -0.2) is 13.5 Å². The van der Waals surface area contributed by atoms with E-state index in [2.05, 4.69) is 4.31 Å². The molecule has 1 amide bonds. The molecule has 4 rings (SSSR count). The number of cyclic esters (lactones) is 1. The van der Waals surface area contributed by atoms with Gasteiger partial charge in [0.25, 0.3) is 0 Å². The minimum absolute atomic E-state index is 0.108. The maximum atomic E-state index is 14.3. The molecule has 0 bridgehead atoms. The summed E-state index contributed by atoms with van der Waals surface area (Å²) in [6, 6.07) is 11.7. The number of piperidine rings is 1. The topological polar surface area (TPSA) is 32.8 Å². The van der Waals surface area contributed by atoms with Crippen molar-refractivity contribution in [3.63, 3.8) is 0 Å². The fourth-order valence-corrected chi connectivity index (χ4v) is 4.89. The number of hydrogen-bond donors (Lipinski definition) is 0. The van der Waals surface area contributed by atoms with Gasteiger partial charge in [-0.3, -0.25) is 4.90 Å². The van der Waals surface area contributed by atoms with Crippen molar-refractivity contribution in [1.82, 2.24) is 4.31 Å². The largest absolute Gasteiger partial charge is 0.444 e. The number of rotatable bonds is 3. The van der Waals surface area contributed by atoms with E-state index >= 15 is 0 Å². The molecular formula is C21H23FN2O2S. The highest BCUT2D eigenvalue weighted by Crippen LogP contribution is 2.36. The van der Waals surface area contributed by atoms with Gasteiger partial charge in [-0.15, -0.1) is 0 Å². The zero-order chi connectivity index (χ0) is 19.0. The van der Waals surface area contributed by atoms with Crippen LogP contribution in [-0.4, -0.2) is 29.5 Å². The van der Waals surface area contributed by atoms with E-state index in [1.165, 1.54) is 11.9 Å². The number of nitrogens with zero attached hydrogens (tertiary/aromatic N) is 2. The molecule has 0 aliphatic carbocycles. The second kappa shape index (κ2) is 7.52. The summed E-state index contributed by atoms with van der Waals surface area (Å²) in [5.41, 5.74) is 3.83. The monoisotopic (exact) mass is 386 g/mol. The van der Waals surface area contributed by atoms with Gasteiger partial charge in [0.1, 0.15) is 12.4 Å². The average molecular weight is 386 g/mol. The Morgan fingerprint density at radius 1 is 1.07 bits per heavy atom. The molecule has 2 aromatic carbocycles. The first-order valence-corrected chi connectivity index (χ1v) is 10.0. The van der Waals surface area contributed by atoms with Gasteiger partial charge >= 0.3 is 6.09 Å². The van der Waals surface area contributed by atoms with Gasteiger partial charge in [0.05, 0.1) is 10.6 Å². The molecule has 27 heavy (non-hydrogen) atoms. The fourth-order valence-electron chi connectivity index (χ4n) is 3.83. The van der Waals surface area contributed by atoms with E-state index in [0.717, 1.165) is 42.7 Å². The lowest BCUT2D eigenvalue weighted by molar-refractivity contribution is 0.136. The van der Waals surface area contributed by atoms with Crippen LogP contribution < -0.4 is 4.90 Å². The first-order valence-electron chi connectivity index (χ1n) is 9.27. The summed E-state index contributed by atoms with van der Waals surface area (Å²) in [7, 11) is 0. The Morgan fingerprint density at radius 2 is 1.78 bits per heavy atom. The van der Waals surface area contributed by atoms with Crippen molar-refractivity contribution in [2.24, 2.45) is 0 Å². The lowest BCUT2D eigenvalue weighted by Gasteiger charge is -2.40. The predicted octanol–water partition coefficient (Wildman–Crippen LogP) is 5.07. The molecule has 4 nitrogen and oxygen atoms in total. The van der Waals surface area contributed by atoms with Crippen LogP contribution >= 0.6 is 11.9 Å². The number of aryl methyl sites for hydroxylation is 2. The third kappa shape index (κ3) is 3.56. The Balaban J connectivity index is 1.47. The Bertz CT molecular complexity index is 865. The summed E-state index contributed by atoms with van der Waals surface area (Å²) in [5, 5.41) is 0. The molecule has 142 valence electrons. The summed E-state index contributed by atoms with van der Waals surface area (Å²) in [6.45, 7) is 5.76. The third-order valence-electron chi connectivity index (χ3n) is 5.28.